The van der Waals surface area contributed by atoms with Gasteiger partial charge in [-0.15, -0.1) is 0 Å². The molecule has 0 unspecified atom stereocenters. The standard InChI is InChI=1S/C15H22O2Se/c1-2-3-9-15(14-10-12(11-16)17-14)18-13-7-5-4-6-8-13/h4-8,12,14-16H,2-3,9-11H2,1H3/t12-,14+,15-/m0/s1. The number of hydrogen-bond acceptors (Lipinski definition) is 2. The van der Waals surface area contributed by atoms with Crippen LogP contribution in [0.5, 0.6) is 0 Å². The van der Waals surface area contributed by atoms with Crippen LogP contribution < -0.4 is 4.46 Å². The van der Waals surface area contributed by atoms with Crippen LogP contribution in [0.4, 0.5) is 0 Å². The van der Waals surface area contributed by atoms with Crippen molar-refractivity contribution in [2.24, 2.45) is 0 Å². The molecule has 1 aromatic carbocycles. The third-order valence-electron chi connectivity index (χ3n) is 3.35. The van der Waals surface area contributed by atoms with E-state index in [0.717, 1.165) is 6.42 Å². The van der Waals surface area contributed by atoms with Crippen molar-refractivity contribution in [2.45, 2.75) is 49.6 Å². The first-order valence-electron chi connectivity index (χ1n) is 6.81. The van der Waals surface area contributed by atoms with Crippen LogP contribution in [-0.4, -0.2) is 38.9 Å². The topological polar surface area (TPSA) is 29.5 Å². The summed E-state index contributed by atoms with van der Waals surface area (Å²) < 4.78 is 7.25. The van der Waals surface area contributed by atoms with Crippen LogP contribution in [0.3, 0.4) is 0 Å². The SMILES string of the molecule is CCCC[C@H]([Se]c1ccccc1)[C@H]1C[C@@H](CO)O1. The summed E-state index contributed by atoms with van der Waals surface area (Å²) in [5.74, 6) is 0. The molecule has 0 radical (unpaired) electrons. The Bertz CT molecular complexity index is 336. The van der Waals surface area contributed by atoms with Gasteiger partial charge in [-0.05, 0) is 0 Å². The van der Waals surface area contributed by atoms with E-state index >= 15 is 0 Å². The first-order valence-corrected chi connectivity index (χ1v) is 8.66. The summed E-state index contributed by atoms with van der Waals surface area (Å²) in [7, 11) is 0. The predicted octanol–water partition coefficient (Wildman–Crippen LogP) is 2.14. The molecule has 1 heterocycles. The predicted molar refractivity (Wildman–Crippen MR) is 75.5 cm³/mol. The molecule has 100 valence electrons. The zero-order valence-corrected chi connectivity index (χ0v) is 12.6. The molecule has 1 aliphatic rings. The van der Waals surface area contributed by atoms with E-state index in [2.05, 4.69) is 37.3 Å². The normalized spacial score (nSPS) is 24.6. The van der Waals surface area contributed by atoms with Gasteiger partial charge in [0.1, 0.15) is 0 Å². The molecule has 18 heavy (non-hydrogen) atoms. The number of ether oxygens (including phenoxy) is 1. The van der Waals surface area contributed by atoms with Crippen molar-refractivity contribution in [3.63, 3.8) is 0 Å². The summed E-state index contributed by atoms with van der Waals surface area (Å²) in [5.41, 5.74) is 0. The van der Waals surface area contributed by atoms with E-state index in [-0.39, 0.29) is 12.7 Å². The van der Waals surface area contributed by atoms with Gasteiger partial charge in [0.25, 0.3) is 0 Å². The Morgan fingerprint density at radius 1 is 1.39 bits per heavy atom. The van der Waals surface area contributed by atoms with Crippen LogP contribution in [0.25, 0.3) is 0 Å². The number of unbranched alkanes of at least 4 members (excludes halogenated alkanes) is 1. The van der Waals surface area contributed by atoms with Crippen LogP contribution >= 0.6 is 0 Å². The Morgan fingerprint density at radius 3 is 2.72 bits per heavy atom. The fraction of sp³-hybridized carbons (Fsp3) is 0.600. The van der Waals surface area contributed by atoms with Gasteiger partial charge in [0, 0.05) is 0 Å². The molecule has 1 N–H and O–H groups in total. The first kappa shape index (κ1) is 14.1. The molecular weight excluding hydrogens is 291 g/mol. The summed E-state index contributed by atoms with van der Waals surface area (Å²) in [5, 5.41) is 9.03. The van der Waals surface area contributed by atoms with E-state index in [1.165, 1.54) is 23.7 Å². The molecule has 1 saturated heterocycles. The number of aliphatic hydroxyl groups excluding tert-OH is 1. The quantitative estimate of drug-likeness (QED) is 0.782. The van der Waals surface area contributed by atoms with E-state index in [0.29, 0.717) is 25.9 Å². The van der Waals surface area contributed by atoms with Crippen molar-refractivity contribution < 1.29 is 9.84 Å². The summed E-state index contributed by atoms with van der Waals surface area (Å²) in [4.78, 5) is 0.669. The van der Waals surface area contributed by atoms with Gasteiger partial charge in [0.05, 0.1) is 0 Å². The molecule has 1 fully saturated rings. The Hall–Kier alpha value is -0.341. The average molecular weight is 313 g/mol. The third kappa shape index (κ3) is 3.83. The van der Waals surface area contributed by atoms with Crippen molar-refractivity contribution in [3.05, 3.63) is 30.3 Å². The summed E-state index contributed by atoms with van der Waals surface area (Å²) in [6, 6.07) is 10.8. The van der Waals surface area contributed by atoms with Crippen molar-refractivity contribution >= 4 is 19.4 Å². The van der Waals surface area contributed by atoms with Gasteiger partial charge in [-0.25, -0.2) is 0 Å². The minimum absolute atomic E-state index is 0.102. The summed E-state index contributed by atoms with van der Waals surface area (Å²) >= 11 is 0.488. The summed E-state index contributed by atoms with van der Waals surface area (Å²) in [6.45, 7) is 2.42. The van der Waals surface area contributed by atoms with Crippen molar-refractivity contribution in [1.82, 2.24) is 0 Å². The molecule has 0 amide bonds. The van der Waals surface area contributed by atoms with Crippen LogP contribution in [0.15, 0.2) is 30.3 Å². The first-order chi connectivity index (χ1) is 8.83. The third-order valence-corrected chi connectivity index (χ3v) is 6.26. The van der Waals surface area contributed by atoms with Gasteiger partial charge in [0.2, 0.25) is 0 Å². The number of rotatable bonds is 7. The second kappa shape index (κ2) is 7.30. The number of benzene rings is 1. The molecule has 3 heteroatoms. The Morgan fingerprint density at radius 2 is 2.11 bits per heavy atom. The van der Waals surface area contributed by atoms with E-state index in [4.69, 9.17) is 9.84 Å². The minimum atomic E-state index is 0.102. The molecule has 0 bridgehead atoms. The maximum absolute atomic E-state index is 9.03. The van der Waals surface area contributed by atoms with Crippen LogP contribution in [-0.2, 0) is 4.74 Å². The van der Waals surface area contributed by atoms with Crippen molar-refractivity contribution in [3.8, 4) is 0 Å². The molecule has 1 aromatic rings. The van der Waals surface area contributed by atoms with E-state index < -0.39 is 0 Å². The molecule has 2 rings (SSSR count). The second-order valence-corrected chi connectivity index (χ2v) is 7.58. The monoisotopic (exact) mass is 314 g/mol. The van der Waals surface area contributed by atoms with Crippen LogP contribution in [0.1, 0.15) is 32.6 Å². The van der Waals surface area contributed by atoms with Gasteiger partial charge in [-0.2, -0.15) is 0 Å². The van der Waals surface area contributed by atoms with Gasteiger partial charge in [-0.1, -0.05) is 0 Å². The fourth-order valence-electron chi connectivity index (χ4n) is 2.25. The van der Waals surface area contributed by atoms with Crippen molar-refractivity contribution in [2.75, 3.05) is 6.61 Å². The second-order valence-electron chi connectivity index (χ2n) is 4.83. The van der Waals surface area contributed by atoms with Crippen LogP contribution in [0, 0.1) is 0 Å². The molecule has 0 spiro atoms. The molecule has 3 atom stereocenters. The van der Waals surface area contributed by atoms with Gasteiger partial charge in [-0.3, -0.25) is 0 Å². The molecule has 0 aliphatic carbocycles. The van der Waals surface area contributed by atoms with Gasteiger partial charge < -0.3 is 0 Å². The fourth-order valence-corrected chi connectivity index (χ4v) is 4.93. The molecule has 2 nitrogen and oxygen atoms in total. The molecular formula is C15H22O2Se. The van der Waals surface area contributed by atoms with E-state index in [1.54, 1.807) is 0 Å². The Labute approximate surface area is 116 Å². The zero-order valence-electron chi connectivity index (χ0n) is 10.9. The van der Waals surface area contributed by atoms with E-state index in [1.807, 2.05) is 0 Å². The van der Waals surface area contributed by atoms with Crippen LogP contribution in [0.2, 0.25) is 4.82 Å². The Kier molecular flexibility index (Phi) is 5.71. The van der Waals surface area contributed by atoms with Gasteiger partial charge >= 0.3 is 116 Å². The Balaban J connectivity index is 1.89. The van der Waals surface area contributed by atoms with Crippen molar-refractivity contribution in [1.29, 1.82) is 0 Å². The molecule has 0 saturated carbocycles. The molecule has 1 aliphatic heterocycles. The zero-order chi connectivity index (χ0) is 12.8. The van der Waals surface area contributed by atoms with Gasteiger partial charge in [0.15, 0.2) is 0 Å². The number of aliphatic hydroxyl groups is 1. The average Bonchev–Trinajstić information content (AvgIpc) is 2.35. The maximum atomic E-state index is 9.03. The summed E-state index contributed by atoms with van der Waals surface area (Å²) in [6.07, 6.45) is 5.31. The number of hydrogen-bond donors (Lipinski definition) is 1. The molecule has 0 aromatic heterocycles. The van der Waals surface area contributed by atoms with E-state index in [9.17, 15) is 0 Å².